The first kappa shape index (κ1) is 14.4. The third kappa shape index (κ3) is 3.97. The van der Waals surface area contributed by atoms with Gasteiger partial charge in [-0.2, -0.15) is 0 Å². The Labute approximate surface area is 118 Å². The van der Waals surface area contributed by atoms with E-state index in [0.29, 0.717) is 18.0 Å². The van der Waals surface area contributed by atoms with E-state index in [1.807, 2.05) is 0 Å². The zero-order valence-electron chi connectivity index (χ0n) is 12.8. The fraction of sp³-hybridized carbons (Fsp3) is 0.647. The fourth-order valence-corrected chi connectivity index (χ4v) is 2.85. The largest absolute Gasteiger partial charge is 0.371 e. The molecule has 0 radical (unpaired) electrons. The Kier molecular flexibility index (Phi) is 4.87. The van der Waals surface area contributed by atoms with E-state index in [1.54, 1.807) is 0 Å². The number of anilines is 1. The zero-order chi connectivity index (χ0) is 13.8. The Morgan fingerprint density at radius 3 is 2.05 bits per heavy atom. The van der Waals surface area contributed by atoms with Crippen LogP contribution in [0.25, 0.3) is 0 Å². The van der Waals surface area contributed by atoms with Crippen LogP contribution in [0.15, 0.2) is 24.3 Å². The van der Waals surface area contributed by atoms with E-state index < -0.39 is 0 Å². The van der Waals surface area contributed by atoms with Crippen molar-refractivity contribution in [3.63, 3.8) is 0 Å². The SMILES string of the molecule is CC(C)NC1CCN(c2ccc(C(C)C)cc2)CC1. The second-order valence-corrected chi connectivity index (χ2v) is 6.33. The lowest BCUT2D eigenvalue weighted by atomic mass is 10.0. The van der Waals surface area contributed by atoms with Crippen molar-refractivity contribution in [3.05, 3.63) is 29.8 Å². The molecule has 0 spiro atoms. The molecule has 0 atom stereocenters. The molecule has 1 aromatic rings. The normalized spacial score (nSPS) is 17.5. The molecule has 1 aliphatic heterocycles. The quantitative estimate of drug-likeness (QED) is 0.886. The molecule has 1 aromatic carbocycles. The van der Waals surface area contributed by atoms with Crippen molar-refractivity contribution in [1.29, 1.82) is 0 Å². The van der Waals surface area contributed by atoms with Crippen molar-refractivity contribution >= 4 is 5.69 Å². The molecule has 1 N–H and O–H groups in total. The van der Waals surface area contributed by atoms with Gasteiger partial charge in [-0.3, -0.25) is 0 Å². The number of nitrogens with one attached hydrogen (secondary N) is 1. The van der Waals surface area contributed by atoms with E-state index in [-0.39, 0.29) is 0 Å². The molecule has 1 saturated heterocycles. The van der Waals surface area contributed by atoms with E-state index in [4.69, 9.17) is 0 Å². The highest BCUT2D eigenvalue weighted by Crippen LogP contribution is 2.23. The van der Waals surface area contributed by atoms with Crippen molar-refractivity contribution in [1.82, 2.24) is 5.32 Å². The number of piperidine rings is 1. The highest BCUT2D eigenvalue weighted by atomic mass is 15.1. The number of hydrogen-bond acceptors (Lipinski definition) is 2. The molecule has 1 heterocycles. The van der Waals surface area contributed by atoms with Gasteiger partial charge in [-0.25, -0.2) is 0 Å². The smallest absolute Gasteiger partial charge is 0.0366 e. The summed E-state index contributed by atoms with van der Waals surface area (Å²) in [4.78, 5) is 2.52. The maximum atomic E-state index is 3.65. The van der Waals surface area contributed by atoms with Crippen LogP contribution in [0, 0.1) is 0 Å². The first-order valence-corrected chi connectivity index (χ1v) is 7.67. The maximum absolute atomic E-state index is 3.65. The summed E-state index contributed by atoms with van der Waals surface area (Å²) in [6.07, 6.45) is 2.51. The van der Waals surface area contributed by atoms with Gasteiger partial charge in [0.15, 0.2) is 0 Å². The average Bonchev–Trinajstić information content (AvgIpc) is 2.39. The average molecular weight is 260 g/mol. The molecule has 0 saturated carbocycles. The molecule has 1 aliphatic rings. The minimum absolute atomic E-state index is 0.599. The Morgan fingerprint density at radius 2 is 1.58 bits per heavy atom. The van der Waals surface area contributed by atoms with Gasteiger partial charge in [0.25, 0.3) is 0 Å². The Bertz CT molecular complexity index is 373. The number of benzene rings is 1. The van der Waals surface area contributed by atoms with E-state index >= 15 is 0 Å². The van der Waals surface area contributed by atoms with Crippen LogP contribution in [0.1, 0.15) is 52.0 Å². The summed E-state index contributed by atoms with van der Waals surface area (Å²) in [6, 6.07) is 10.4. The number of nitrogens with zero attached hydrogens (tertiary/aromatic N) is 1. The second-order valence-electron chi connectivity index (χ2n) is 6.33. The molecule has 0 amide bonds. The van der Waals surface area contributed by atoms with Crippen LogP contribution in [0.4, 0.5) is 5.69 Å². The van der Waals surface area contributed by atoms with Crippen molar-refractivity contribution in [2.24, 2.45) is 0 Å². The molecule has 19 heavy (non-hydrogen) atoms. The van der Waals surface area contributed by atoms with Gasteiger partial charge < -0.3 is 10.2 Å². The molecule has 2 heteroatoms. The Morgan fingerprint density at radius 1 is 1.00 bits per heavy atom. The predicted molar refractivity (Wildman–Crippen MR) is 84.0 cm³/mol. The molecule has 0 bridgehead atoms. The molecule has 0 aromatic heterocycles. The zero-order valence-corrected chi connectivity index (χ0v) is 12.8. The lowest BCUT2D eigenvalue weighted by molar-refractivity contribution is 0.387. The van der Waals surface area contributed by atoms with Crippen LogP contribution < -0.4 is 10.2 Å². The van der Waals surface area contributed by atoms with E-state index in [9.17, 15) is 0 Å². The summed E-state index contributed by atoms with van der Waals surface area (Å²) < 4.78 is 0. The molecule has 2 rings (SSSR count). The predicted octanol–water partition coefficient (Wildman–Crippen LogP) is 3.78. The summed E-state index contributed by atoms with van der Waals surface area (Å²) >= 11 is 0. The standard InChI is InChI=1S/C17H28N2/c1-13(2)15-5-7-17(8-6-15)19-11-9-16(10-12-19)18-14(3)4/h5-8,13-14,16,18H,9-12H2,1-4H3. The summed E-state index contributed by atoms with van der Waals surface area (Å²) in [7, 11) is 0. The summed E-state index contributed by atoms with van der Waals surface area (Å²) in [5.41, 5.74) is 2.81. The van der Waals surface area contributed by atoms with Crippen LogP contribution in [-0.2, 0) is 0 Å². The number of rotatable bonds is 4. The van der Waals surface area contributed by atoms with Gasteiger partial charge in [0.2, 0.25) is 0 Å². The van der Waals surface area contributed by atoms with Gasteiger partial charge in [0.1, 0.15) is 0 Å². The molecular weight excluding hydrogens is 232 g/mol. The first-order valence-electron chi connectivity index (χ1n) is 7.67. The van der Waals surface area contributed by atoms with Gasteiger partial charge >= 0.3 is 0 Å². The first-order chi connectivity index (χ1) is 9.06. The van der Waals surface area contributed by atoms with Crippen LogP contribution >= 0.6 is 0 Å². The van der Waals surface area contributed by atoms with Crippen LogP contribution in [0.3, 0.4) is 0 Å². The van der Waals surface area contributed by atoms with Crippen LogP contribution in [0.5, 0.6) is 0 Å². The number of hydrogen-bond donors (Lipinski definition) is 1. The van der Waals surface area contributed by atoms with Gasteiger partial charge in [-0.05, 0) is 36.5 Å². The van der Waals surface area contributed by atoms with Crippen LogP contribution in [-0.4, -0.2) is 25.2 Å². The lowest BCUT2D eigenvalue weighted by Crippen LogP contribution is -2.44. The summed E-state index contributed by atoms with van der Waals surface area (Å²) in [5.74, 6) is 0.620. The maximum Gasteiger partial charge on any atom is 0.0366 e. The third-order valence-corrected chi connectivity index (χ3v) is 3.99. The van der Waals surface area contributed by atoms with Crippen molar-refractivity contribution in [2.75, 3.05) is 18.0 Å². The fourth-order valence-electron chi connectivity index (χ4n) is 2.85. The van der Waals surface area contributed by atoms with Crippen molar-refractivity contribution < 1.29 is 0 Å². The molecule has 0 aliphatic carbocycles. The summed E-state index contributed by atoms with van der Waals surface area (Å²) in [6.45, 7) is 11.3. The summed E-state index contributed by atoms with van der Waals surface area (Å²) in [5, 5.41) is 3.65. The molecule has 106 valence electrons. The molecular formula is C17H28N2. The minimum atomic E-state index is 0.599. The Balaban J connectivity index is 1.90. The molecule has 0 unspecified atom stereocenters. The Hall–Kier alpha value is -1.02. The van der Waals surface area contributed by atoms with Crippen LogP contribution in [0.2, 0.25) is 0 Å². The highest BCUT2D eigenvalue weighted by Gasteiger charge is 2.19. The van der Waals surface area contributed by atoms with Gasteiger partial charge in [0, 0.05) is 30.9 Å². The molecule has 1 fully saturated rings. The van der Waals surface area contributed by atoms with Crippen molar-refractivity contribution in [3.8, 4) is 0 Å². The van der Waals surface area contributed by atoms with E-state index in [1.165, 1.54) is 37.2 Å². The van der Waals surface area contributed by atoms with E-state index in [2.05, 4.69) is 62.2 Å². The molecule has 2 nitrogen and oxygen atoms in total. The van der Waals surface area contributed by atoms with Gasteiger partial charge in [0.05, 0.1) is 0 Å². The lowest BCUT2D eigenvalue weighted by Gasteiger charge is -2.35. The second kappa shape index (κ2) is 6.42. The van der Waals surface area contributed by atoms with Crippen molar-refractivity contribution in [2.45, 2.75) is 58.5 Å². The van der Waals surface area contributed by atoms with E-state index in [0.717, 1.165) is 0 Å². The minimum Gasteiger partial charge on any atom is -0.371 e. The third-order valence-electron chi connectivity index (χ3n) is 3.99. The topological polar surface area (TPSA) is 15.3 Å². The van der Waals surface area contributed by atoms with Gasteiger partial charge in [-0.1, -0.05) is 39.8 Å². The van der Waals surface area contributed by atoms with Gasteiger partial charge in [-0.15, -0.1) is 0 Å². The highest BCUT2D eigenvalue weighted by molar-refractivity contribution is 5.48. The monoisotopic (exact) mass is 260 g/mol.